The summed E-state index contributed by atoms with van der Waals surface area (Å²) >= 11 is 0. The summed E-state index contributed by atoms with van der Waals surface area (Å²) in [4.78, 5) is 1.98. The predicted octanol–water partition coefficient (Wildman–Crippen LogP) is 0.802. The second-order valence-electron chi connectivity index (χ2n) is 3.40. The Labute approximate surface area is 57.9 Å². The van der Waals surface area contributed by atoms with E-state index in [1.54, 1.807) is 0 Å². The highest BCUT2D eigenvalue weighted by molar-refractivity contribution is 6.04. The van der Waals surface area contributed by atoms with E-state index in [9.17, 15) is 0 Å². The molecule has 2 aliphatic rings. The molecule has 1 saturated heterocycles. The maximum Gasteiger partial charge on any atom is 0.182 e. The zero-order valence-electron chi connectivity index (χ0n) is 5.71. The third-order valence-electron chi connectivity index (χ3n) is 2.75. The molecule has 0 amide bonds. The molecule has 1 nitrogen and oxygen atoms in total. The molecule has 2 fully saturated rings. The molecular weight excluding hydrogens is 109 g/mol. The molecule has 1 aliphatic carbocycles. The maximum absolute atomic E-state index is 5.66. The van der Waals surface area contributed by atoms with Gasteiger partial charge in [0.05, 0.1) is 0 Å². The first-order valence-corrected chi connectivity index (χ1v) is 3.86. The Hall–Kier alpha value is 0.0249. The van der Waals surface area contributed by atoms with Crippen LogP contribution < -0.4 is 0 Å². The molecule has 0 aromatic rings. The third-order valence-corrected chi connectivity index (χ3v) is 2.75. The lowest BCUT2D eigenvalue weighted by molar-refractivity contribution is 0.494. The molecule has 0 spiro atoms. The van der Waals surface area contributed by atoms with E-state index >= 15 is 0 Å². The van der Waals surface area contributed by atoms with Crippen LogP contribution in [0.25, 0.3) is 0 Å². The molecule has 0 aromatic carbocycles. The molecule has 0 aromatic heterocycles. The van der Waals surface area contributed by atoms with Crippen molar-refractivity contribution in [3.8, 4) is 0 Å². The summed E-state index contributed by atoms with van der Waals surface area (Å²) in [5, 5.41) is 0. The fourth-order valence-electron chi connectivity index (χ4n) is 2.27. The van der Waals surface area contributed by atoms with Crippen LogP contribution in [0.5, 0.6) is 0 Å². The molecule has 9 heavy (non-hydrogen) atoms. The van der Waals surface area contributed by atoms with Gasteiger partial charge < -0.3 is 4.81 Å². The molecule has 0 N–H and O–H groups in total. The average Bonchev–Trinajstić information content (AvgIpc) is 2.22. The first kappa shape index (κ1) is 5.78. The highest BCUT2D eigenvalue weighted by atomic mass is 15.1. The van der Waals surface area contributed by atoms with Gasteiger partial charge in [0.25, 0.3) is 0 Å². The number of nitrogens with zero attached hydrogens (tertiary/aromatic N) is 1. The zero-order chi connectivity index (χ0) is 6.27. The fraction of sp³-hybridized carbons (Fsp3) is 1.00. The lowest BCUT2D eigenvalue weighted by Gasteiger charge is -2.07. The smallest absolute Gasteiger partial charge is 0.182 e. The van der Waals surface area contributed by atoms with Crippen molar-refractivity contribution in [1.29, 1.82) is 0 Å². The summed E-state index contributed by atoms with van der Waals surface area (Å²) in [6.45, 7) is 2.31. The minimum absolute atomic E-state index is 0.954. The Morgan fingerprint density at radius 1 is 1.11 bits per heavy atom. The largest absolute Gasteiger partial charge is 0.353 e. The van der Waals surface area contributed by atoms with Crippen molar-refractivity contribution in [2.24, 2.45) is 11.8 Å². The third kappa shape index (κ3) is 0.897. The van der Waals surface area contributed by atoms with Crippen LogP contribution in [0.3, 0.4) is 0 Å². The van der Waals surface area contributed by atoms with Gasteiger partial charge in [-0.05, 0) is 37.8 Å². The van der Waals surface area contributed by atoms with Crippen LogP contribution in [0.2, 0.25) is 0 Å². The van der Waals surface area contributed by atoms with E-state index in [0.717, 1.165) is 24.9 Å². The number of rotatable bonds is 0. The standard InChI is InChI=1S/C7H12BN/c8-9-4-6-2-1-3-7(6)5-9/h6-7H,1-5H2. The Bertz CT molecular complexity index is 103. The summed E-state index contributed by atoms with van der Waals surface area (Å²) < 4.78 is 0. The molecule has 48 valence electrons. The molecule has 2 heteroatoms. The van der Waals surface area contributed by atoms with Gasteiger partial charge in [-0.1, -0.05) is 6.42 Å². The molecule has 2 atom stereocenters. The van der Waals surface area contributed by atoms with Crippen LogP contribution in [0.4, 0.5) is 0 Å². The summed E-state index contributed by atoms with van der Waals surface area (Å²) in [6, 6.07) is 0. The minimum Gasteiger partial charge on any atom is -0.353 e. The van der Waals surface area contributed by atoms with Gasteiger partial charge in [0.1, 0.15) is 0 Å². The van der Waals surface area contributed by atoms with E-state index in [2.05, 4.69) is 0 Å². The van der Waals surface area contributed by atoms with Gasteiger partial charge in [-0.2, -0.15) is 0 Å². The van der Waals surface area contributed by atoms with Gasteiger partial charge in [-0.3, -0.25) is 0 Å². The zero-order valence-corrected chi connectivity index (χ0v) is 5.71. The first-order valence-electron chi connectivity index (χ1n) is 3.86. The van der Waals surface area contributed by atoms with Crippen LogP contribution in [0.1, 0.15) is 19.3 Å². The van der Waals surface area contributed by atoms with E-state index in [-0.39, 0.29) is 0 Å². The van der Waals surface area contributed by atoms with Gasteiger partial charge in [0.2, 0.25) is 0 Å². The van der Waals surface area contributed by atoms with Crippen molar-refractivity contribution in [1.82, 2.24) is 4.81 Å². The van der Waals surface area contributed by atoms with Crippen molar-refractivity contribution in [2.45, 2.75) is 19.3 Å². The SMILES string of the molecule is [B]N1CC2CCCC2C1. The van der Waals surface area contributed by atoms with Crippen molar-refractivity contribution < 1.29 is 0 Å². The first-order chi connectivity index (χ1) is 4.36. The molecule has 2 radical (unpaired) electrons. The molecular formula is C7H12BN. The van der Waals surface area contributed by atoms with Gasteiger partial charge in [0, 0.05) is 0 Å². The lowest BCUT2D eigenvalue weighted by atomic mass is 10.0. The number of hydrogen-bond acceptors (Lipinski definition) is 1. The Morgan fingerprint density at radius 2 is 1.67 bits per heavy atom. The maximum atomic E-state index is 5.66. The van der Waals surface area contributed by atoms with Gasteiger partial charge in [-0.15, -0.1) is 0 Å². The minimum atomic E-state index is 0.954. The highest BCUT2D eigenvalue weighted by Crippen LogP contribution is 2.36. The van der Waals surface area contributed by atoms with Crippen LogP contribution in [0.15, 0.2) is 0 Å². The molecule has 1 heterocycles. The molecule has 1 aliphatic heterocycles. The van der Waals surface area contributed by atoms with Crippen molar-refractivity contribution in [2.75, 3.05) is 13.1 Å². The van der Waals surface area contributed by atoms with E-state index in [1.165, 1.54) is 19.3 Å². The number of hydrogen-bond donors (Lipinski definition) is 0. The molecule has 2 rings (SSSR count). The Kier molecular flexibility index (Phi) is 1.29. The van der Waals surface area contributed by atoms with Crippen molar-refractivity contribution in [3.63, 3.8) is 0 Å². The van der Waals surface area contributed by atoms with Crippen LogP contribution in [-0.4, -0.2) is 25.9 Å². The van der Waals surface area contributed by atoms with Gasteiger partial charge in [-0.25, -0.2) is 0 Å². The Balaban J connectivity index is 2.02. The van der Waals surface area contributed by atoms with E-state index in [0.29, 0.717) is 0 Å². The quantitative estimate of drug-likeness (QED) is 0.428. The second kappa shape index (κ2) is 2.01. The highest BCUT2D eigenvalue weighted by Gasteiger charge is 2.33. The summed E-state index contributed by atoms with van der Waals surface area (Å²) in [6.07, 6.45) is 4.31. The molecule has 0 bridgehead atoms. The molecule has 1 saturated carbocycles. The average molecular weight is 121 g/mol. The van der Waals surface area contributed by atoms with Crippen LogP contribution in [-0.2, 0) is 0 Å². The normalized spacial score (nSPS) is 43.6. The monoisotopic (exact) mass is 121 g/mol. The lowest BCUT2D eigenvalue weighted by Crippen LogP contribution is -2.16. The topological polar surface area (TPSA) is 3.24 Å². The van der Waals surface area contributed by atoms with Crippen molar-refractivity contribution >= 4 is 7.98 Å². The van der Waals surface area contributed by atoms with E-state index in [1.807, 2.05) is 4.81 Å². The van der Waals surface area contributed by atoms with Crippen molar-refractivity contribution in [3.05, 3.63) is 0 Å². The van der Waals surface area contributed by atoms with Gasteiger partial charge >= 0.3 is 0 Å². The molecule has 2 unspecified atom stereocenters. The number of fused-ring (bicyclic) bond motifs is 1. The summed E-state index contributed by atoms with van der Waals surface area (Å²) in [7, 11) is 5.66. The van der Waals surface area contributed by atoms with E-state index in [4.69, 9.17) is 7.98 Å². The summed E-state index contributed by atoms with van der Waals surface area (Å²) in [5.41, 5.74) is 0. The van der Waals surface area contributed by atoms with E-state index < -0.39 is 0 Å². The van der Waals surface area contributed by atoms with Gasteiger partial charge in [0.15, 0.2) is 7.98 Å². The predicted molar refractivity (Wildman–Crippen MR) is 38.2 cm³/mol. The Morgan fingerprint density at radius 3 is 2.22 bits per heavy atom. The second-order valence-corrected chi connectivity index (χ2v) is 3.40. The van der Waals surface area contributed by atoms with Crippen LogP contribution in [0, 0.1) is 11.8 Å². The fourth-order valence-corrected chi connectivity index (χ4v) is 2.27. The summed E-state index contributed by atoms with van der Waals surface area (Å²) in [5.74, 6) is 1.91. The van der Waals surface area contributed by atoms with Crippen LogP contribution >= 0.6 is 0 Å².